The summed E-state index contributed by atoms with van der Waals surface area (Å²) in [4.78, 5) is 10.5. The Morgan fingerprint density at radius 2 is 2.08 bits per heavy atom. The summed E-state index contributed by atoms with van der Waals surface area (Å²) in [7, 11) is 0. The SMILES string of the molecule is CCCCCSCCNC(C)=O. The fraction of sp³-hybridized carbons (Fsp3) is 0.889. The van der Waals surface area contributed by atoms with Crippen LogP contribution in [0.4, 0.5) is 0 Å². The Labute approximate surface area is 79.5 Å². The molecule has 0 bridgehead atoms. The molecular weight excluding hydrogens is 170 g/mol. The molecular formula is C9H19NOS. The van der Waals surface area contributed by atoms with Gasteiger partial charge in [-0.05, 0) is 12.2 Å². The van der Waals surface area contributed by atoms with Crippen LogP contribution in [0.25, 0.3) is 0 Å². The highest BCUT2D eigenvalue weighted by atomic mass is 32.2. The van der Waals surface area contributed by atoms with Crippen molar-refractivity contribution >= 4 is 17.7 Å². The maximum Gasteiger partial charge on any atom is 0.216 e. The Hall–Kier alpha value is -0.180. The standard InChI is InChI=1S/C9H19NOS/c1-3-4-5-7-12-8-6-10-9(2)11/h3-8H2,1-2H3,(H,10,11). The predicted molar refractivity (Wildman–Crippen MR) is 55.5 cm³/mol. The van der Waals surface area contributed by atoms with Gasteiger partial charge in [-0.2, -0.15) is 11.8 Å². The van der Waals surface area contributed by atoms with Crippen molar-refractivity contribution in [2.24, 2.45) is 0 Å². The van der Waals surface area contributed by atoms with Gasteiger partial charge in [-0.25, -0.2) is 0 Å². The Morgan fingerprint density at radius 3 is 2.67 bits per heavy atom. The van der Waals surface area contributed by atoms with E-state index in [-0.39, 0.29) is 5.91 Å². The zero-order valence-corrected chi connectivity index (χ0v) is 8.88. The van der Waals surface area contributed by atoms with Crippen molar-refractivity contribution in [3.8, 4) is 0 Å². The second kappa shape index (κ2) is 8.91. The van der Waals surface area contributed by atoms with Crippen LogP contribution in [0.3, 0.4) is 0 Å². The summed E-state index contributed by atoms with van der Waals surface area (Å²) < 4.78 is 0. The molecule has 0 fully saturated rings. The van der Waals surface area contributed by atoms with Gasteiger partial charge in [0.25, 0.3) is 0 Å². The van der Waals surface area contributed by atoms with Crippen LogP contribution < -0.4 is 5.32 Å². The predicted octanol–water partition coefficient (Wildman–Crippen LogP) is 2.05. The highest BCUT2D eigenvalue weighted by molar-refractivity contribution is 7.99. The number of unbranched alkanes of at least 4 members (excludes halogenated alkanes) is 2. The fourth-order valence-corrected chi connectivity index (χ4v) is 1.71. The van der Waals surface area contributed by atoms with Gasteiger partial charge in [-0.1, -0.05) is 19.8 Å². The maximum atomic E-state index is 10.5. The zero-order chi connectivity index (χ0) is 9.23. The van der Waals surface area contributed by atoms with Crippen LogP contribution in [0.15, 0.2) is 0 Å². The van der Waals surface area contributed by atoms with E-state index in [1.807, 2.05) is 11.8 Å². The molecule has 0 atom stereocenters. The number of thioether (sulfide) groups is 1. The molecule has 0 radical (unpaired) electrons. The first-order chi connectivity index (χ1) is 5.77. The van der Waals surface area contributed by atoms with Gasteiger partial charge in [0.1, 0.15) is 0 Å². The van der Waals surface area contributed by atoms with Gasteiger partial charge in [-0.15, -0.1) is 0 Å². The van der Waals surface area contributed by atoms with Crippen LogP contribution >= 0.6 is 11.8 Å². The molecule has 0 heterocycles. The van der Waals surface area contributed by atoms with E-state index >= 15 is 0 Å². The molecule has 1 N–H and O–H groups in total. The van der Waals surface area contributed by atoms with Crippen molar-refractivity contribution in [2.45, 2.75) is 33.1 Å². The fourth-order valence-electron chi connectivity index (χ4n) is 0.855. The highest BCUT2D eigenvalue weighted by Crippen LogP contribution is 2.04. The molecule has 0 aliphatic rings. The van der Waals surface area contributed by atoms with Crippen LogP contribution in [0.1, 0.15) is 33.1 Å². The second-order valence-electron chi connectivity index (χ2n) is 2.80. The molecule has 0 aliphatic carbocycles. The van der Waals surface area contributed by atoms with E-state index in [0.29, 0.717) is 0 Å². The summed E-state index contributed by atoms with van der Waals surface area (Å²) in [5.74, 6) is 2.35. The molecule has 3 heteroatoms. The molecule has 0 saturated carbocycles. The number of rotatable bonds is 7. The molecule has 72 valence electrons. The quantitative estimate of drug-likeness (QED) is 0.621. The van der Waals surface area contributed by atoms with Crippen LogP contribution in [0.2, 0.25) is 0 Å². The van der Waals surface area contributed by atoms with Gasteiger partial charge in [0.15, 0.2) is 0 Å². The number of hydrogen-bond donors (Lipinski definition) is 1. The van der Waals surface area contributed by atoms with Gasteiger partial charge in [0, 0.05) is 19.2 Å². The lowest BCUT2D eigenvalue weighted by molar-refractivity contribution is -0.118. The third-order valence-electron chi connectivity index (χ3n) is 1.51. The van der Waals surface area contributed by atoms with Crippen molar-refractivity contribution in [3.05, 3.63) is 0 Å². The number of nitrogens with one attached hydrogen (secondary N) is 1. The van der Waals surface area contributed by atoms with Crippen LogP contribution in [-0.4, -0.2) is 24.0 Å². The summed E-state index contributed by atoms with van der Waals surface area (Å²) in [6.45, 7) is 4.58. The normalized spacial score (nSPS) is 9.83. The Bertz CT molecular complexity index is 117. The maximum absolute atomic E-state index is 10.5. The van der Waals surface area contributed by atoms with E-state index < -0.39 is 0 Å². The summed E-state index contributed by atoms with van der Waals surface area (Å²) in [6.07, 6.45) is 3.92. The molecule has 1 amide bonds. The minimum Gasteiger partial charge on any atom is -0.356 e. The van der Waals surface area contributed by atoms with E-state index in [1.165, 1.54) is 25.0 Å². The average Bonchev–Trinajstić information content (AvgIpc) is 2.02. The lowest BCUT2D eigenvalue weighted by atomic mass is 10.3. The summed E-state index contributed by atoms with van der Waals surface area (Å²) in [5.41, 5.74) is 0. The van der Waals surface area contributed by atoms with E-state index in [9.17, 15) is 4.79 Å². The first kappa shape index (κ1) is 11.8. The lowest BCUT2D eigenvalue weighted by Crippen LogP contribution is -2.22. The minimum absolute atomic E-state index is 0.0733. The molecule has 0 aromatic rings. The molecule has 12 heavy (non-hydrogen) atoms. The molecule has 0 aliphatic heterocycles. The first-order valence-corrected chi connectivity index (χ1v) is 5.75. The van der Waals surface area contributed by atoms with Gasteiger partial charge in [-0.3, -0.25) is 4.79 Å². The minimum atomic E-state index is 0.0733. The largest absolute Gasteiger partial charge is 0.356 e. The summed E-state index contributed by atoms with van der Waals surface area (Å²) in [5, 5.41) is 2.78. The Morgan fingerprint density at radius 1 is 1.33 bits per heavy atom. The van der Waals surface area contributed by atoms with Crippen molar-refractivity contribution < 1.29 is 4.79 Å². The van der Waals surface area contributed by atoms with E-state index in [2.05, 4.69) is 12.2 Å². The highest BCUT2D eigenvalue weighted by Gasteiger charge is 1.91. The van der Waals surface area contributed by atoms with Crippen LogP contribution in [-0.2, 0) is 4.79 Å². The van der Waals surface area contributed by atoms with E-state index in [4.69, 9.17) is 0 Å². The number of amides is 1. The first-order valence-electron chi connectivity index (χ1n) is 4.59. The monoisotopic (exact) mass is 189 g/mol. The number of carbonyl (C=O) groups excluding carboxylic acids is 1. The molecule has 0 saturated heterocycles. The average molecular weight is 189 g/mol. The number of carbonyl (C=O) groups is 1. The van der Waals surface area contributed by atoms with Gasteiger partial charge in [0.2, 0.25) is 5.91 Å². The van der Waals surface area contributed by atoms with E-state index in [0.717, 1.165) is 12.3 Å². The van der Waals surface area contributed by atoms with Crippen molar-refractivity contribution in [2.75, 3.05) is 18.1 Å². The third kappa shape index (κ3) is 9.82. The lowest BCUT2D eigenvalue weighted by Gasteiger charge is -2.01. The zero-order valence-electron chi connectivity index (χ0n) is 8.06. The van der Waals surface area contributed by atoms with Crippen molar-refractivity contribution in [1.29, 1.82) is 0 Å². The third-order valence-corrected chi connectivity index (χ3v) is 2.58. The topological polar surface area (TPSA) is 29.1 Å². The number of hydrogen-bond acceptors (Lipinski definition) is 2. The molecule has 0 aromatic carbocycles. The van der Waals surface area contributed by atoms with Crippen LogP contribution in [0, 0.1) is 0 Å². The second-order valence-corrected chi connectivity index (χ2v) is 4.03. The smallest absolute Gasteiger partial charge is 0.216 e. The van der Waals surface area contributed by atoms with Crippen molar-refractivity contribution in [3.63, 3.8) is 0 Å². The molecule has 0 rings (SSSR count). The molecule has 2 nitrogen and oxygen atoms in total. The van der Waals surface area contributed by atoms with Crippen LogP contribution in [0.5, 0.6) is 0 Å². The molecule has 0 aromatic heterocycles. The van der Waals surface area contributed by atoms with Crippen molar-refractivity contribution in [1.82, 2.24) is 5.32 Å². The summed E-state index contributed by atoms with van der Waals surface area (Å²) >= 11 is 1.92. The summed E-state index contributed by atoms with van der Waals surface area (Å²) in [6, 6.07) is 0. The van der Waals surface area contributed by atoms with Gasteiger partial charge < -0.3 is 5.32 Å². The molecule has 0 unspecified atom stereocenters. The van der Waals surface area contributed by atoms with E-state index in [1.54, 1.807) is 6.92 Å². The Balaban J connectivity index is 2.86. The van der Waals surface area contributed by atoms with Gasteiger partial charge >= 0.3 is 0 Å². The van der Waals surface area contributed by atoms with Gasteiger partial charge in [0.05, 0.1) is 0 Å². The molecule has 0 spiro atoms. The Kier molecular flexibility index (Phi) is 8.78.